The average Bonchev–Trinajstić information content (AvgIpc) is 2.96. The van der Waals surface area contributed by atoms with Crippen LogP contribution in [0.1, 0.15) is 43.9 Å². The maximum absolute atomic E-state index is 9.93. The maximum atomic E-state index is 9.93. The SMILES string of the molecule is CCN1CCC(Cc2cn3c(n2)CCCC3O)C1. The van der Waals surface area contributed by atoms with E-state index in [2.05, 4.69) is 18.0 Å². The Morgan fingerprint density at radius 3 is 3.06 bits per heavy atom. The van der Waals surface area contributed by atoms with Crippen LogP contribution in [0.15, 0.2) is 6.20 Å². The van der Waals surface area contributed by atoms with Gasteiger partial charge in [-0.25, -0.2) is 4.98 Å². The molecule has 1 fully saturated rings. The van der Waals surface area contributed by atoms with Gasteiger partial charge in [-0.1, -0.05) is 6.92 Å². The van der Waals surface area contributed by atoms with E-state index in [4.69, 9.17) is 4.98 Å². The lowest BCUT2D eigenvalue weighted by atomic mass is 10.0. The van der Waals surface area contributed by atoms with Crippen molar-refractivity contribution in [2.45, 2.75) is 45.3 Å². The maximum Gasteiger partial charge on any atom is 0.131 e. The third-order valence-corrected chi connectivity index (χ3v) is 4.36. The second-order valence-corrected chi connectivity index (χ2v) is 5.68. The molecule has 0 aliphatic carbocycles. The summed E-state index contributed by atoms with van der Waals surface area (Å²) >= 11 is 0. The molecule has 2 unspecified atom stereocenters. The minimum absolute atomic E-state index is 0.342. The van der Waals surface area contributed by atoms with Gasteiger partial charge in [-0.2, -0.15) is 0 Å². The van der Waals surface area contributed by atoms with Gasteiger partial charge in [0, 0.05) is 19.2 Å². The molecule has 0 amide bonds. The number of hydrogen-bond donors (Lipinski definition) is 1. The number of imidazole rings is 1. The monoisotopic (exact) mass is 249 g/mol. The Bertz CT molecular complexity index is 415. The van der Waals surface area contributed by atoms with Crippen molar-refractivity contribution in [1.29, 1.82) is 0 Å². The fraction of sp³-hybridized carbons (Fsp3) is 0.786. The smallest absolute Gasteiger partial charge is 0.131 e. The van der Waals surface area contributed by atoms with Crippen molar-refractivity contribution in [3.8, 4) is 0 Å². The van der Waals surface area contributed by atoms with Gasteiger partial charge in [0.1, 0.15) is 12.1 Å². The number of aryl methyl sites for hydroxylation is 1. The fourth-order valence-corrected chi connectivity index (χ4v) is 3.27. The number of rotatable bonds is 3. The Hall–Kier alpha value is -0.870. The van der Waals surface area contributed by atoms with E-state index in [0.29, 0.717) is 0 Å². The zero-order chi connectivity index (χ0) is 12.5. The van der Waals surface area contributed by atoms with Gasteiger partial charge in [-0.05, 0) is 44.7 Å². The summed E-state index contributed by atoms with van der Waals surface area (Å²) in [6.07, 6.45) is 7.05. The van der Waals surface area contributed by atoms with Crippen LogP contribution >= 0.6 is 0 Å². The Kier molecular flexibility index (Phi) is 3.39. The predicted octanol–water partition coefficient (Wildman–Crippen LogP) is 1.59. The van der Waals surface area contributed by atoms with Gasteiger partial charge in [0.05, 0.1) is 5.69 Å². The van der Waals surface area contributed by atoms with Gasteiger partial charge in [0.25, 0.3) is 0 Å². The molecule has 2 aliphatic heterocycles. The first-order chi connectivity index (χ1) is 8.76. The summed E-state index contributed by atoms with van der Waals surface area (Å²) in [7, 11) is 0. The molecule has 0 saturated carbocycles. The predicted molar refractivity (Wildman–Crippen MR) is 70.3 cm³/mol. The van der Waals surface area contributed by atoms with Gasteiger partial charge in [0.2, 0.25) is 0 Å². The average molecular weight is 249 g/mol. The van der Waals surface area contributed by atoms with Crippen molar-refractivity contribution < 1.29 is 5.11 Å². The highest BCUT2D eigenvalue weighted by molar-refractivity contribution is 5.08. The number of likely N-dealkylation sites (tertiary alicyclic amines) is 1. The number of nitrogens with zero attached hydrogens (tertiary/aromatic N) is 3. The lowest BCUT2D eigenvalue weighted by Crippen LogP contribution is -2.20. The van der Waals surface area contributed by atoms with E-state index in [9.17, 15) is 5.11 Å². The summed E-state index contributed by atoms with van der Waals surface area (Å²) in [6, 6.07) is 0. The molecule has 100 valence electrons. The molecule has 0 spiro atoms. The molecule has 0 aromatic carbocycles. The van der Waals surface area contributed by atoms with Crippen molar-refractivity contribution in [2.24, 2.45) is 5.92 Å². The van der Waals surface area contributed by atoms with Crippen LogP contribution in [0.25, 0.3) is 0 Å². The third kappa shape index (κ3) is 2.31. The van der Waals surface area contributed by atoms with Crippen molar-refractivity contribution >= 4 is 0 Å². The molecule has 4 heteroatoms. The molecule has 0 radical (unpaired) electrons. The minimum atomic E-state index is -0.342. The van der Waals surface area contributed by atoms with Crippen LogP contribution in [-0.2, 0) is 12.8 Å². The highest BCUT2D eigenvalue weighted by Crippen LogP contribution is 2.25. The standard InChI is InChI=1S/C14H23N3O/c1-2-16-7-6-11(9-16)8-12-10-17-13(15-12)4-3-5-14(17)18/h10-11,14,18H,2-9H2,1H3. The Morgan fingerprint density at radius 2 is 2.33 bits per heavy atom. The molecule has 0 bridgehead atoms. The molecular formula is C14H23N3O. The van der Waals surface area contributed by atoms with Crippen LogP contribution in [0.4, 0.5) is 0 Å². The molecule has 1 N–H and O–H groups in total. The molecule has 1 aromatic rings. The molecule has 3 heterocycles. The van der Waals surface area contributed by atoms with Crippen LogP contribution in [-0.4, -0.2) is 39.2 Å². The second-order valence-electron chi connectivity index (χ2n) is 5.68. The number of fused-ring (bicyclic) bond motifs is 1. The Morgan fingerprint density at radius 1 is 1.44 bits per heavy atom. The van der Waals surface area contributed by atoms with Crippen LogP contribution in [0, 0.1) is 5.92 Å². The van der Waals surface area contributed by atoms with Gasteiger partial charge in [-0.3, -0.25) is 0 Å². The first-order valence-electron chi connectivity index (χ1n) is 7.23. The highest BCUT2D eigenvalue weighted by Gasteiger charge is 2.24. The van der Waals surface area contributed by atoms with E-state index in [0.717, 1.165) is 44.0 Å². The lowest BCUT2D eigenvalue weighted by molar-refractivity contribution is 0.0780. The summed E-state index contributed by atoms with van der Waals surface area (Å²) < 4.78 is 1.98. The quantitative estimate of drug-likeness (QED) is 0.884. The van der Waals surface area contributed by atoms with Crippen molar-refractivity contribution in [3.05, 3.63) is 17.7 Å². The van der Waals surface area contributed by atoms with Crippen LogP contribution in [0.2, 0.25) is 0 Å². The largest absolute Gasteiger partial charge is 0.373 e. The Labute approximate surface area is 109 Å². The van der Waals surface area contributed by atoms with Crippen LogP contribution in [0.3, 0.4) is 0 Å². The normalized spacial score (nSPS) is 28.6. The van der Waals surface area contributed by atoms with Crippen molar-refractivity contribution in [1.82, 2.24) is 14.5 Å². The van der Waals surface area contributed by atoms with E-state index < -0.39 is 0 Å². The number of aliphatic hydroxyl groups excluding tert-OH is 1. The summed E-state index contributed by atoms with van der Waals surface area (Å²) in [5, 5.41) is 9.93. The topological polar surface area (TPSA) is 41.3 Å². The van der Waals surface area contributed by atoms with E-state index in [1.807, 2.05) is 4.57 Å². The first-order valence-corrected chi connectivity index (χ1v) is 7.23. The molecule has 2 aliphatic rings. The van der Waals surface area contributed by atoms with Crippen molar-refractivity contribution in [2.75, 3.05) is 19.6 Å². The number of hydrogen-bond acceptors (Lipinski definition) is 3. The fourth-order valence-electron chi connectivity index (χ4n) is 3.27. The van der Waals surface area contributed by atoms with Crippen LogP contribution in [0.5, 0.6) is 0 Å². The zero-order valence-electron chi connectivity index (χ0n) is 11.2. The van der Waals surface area contributed by atoms with E-state index in [-0.39, 0.29) is 6.23 Å². The summed E-state index contributed by atoms with van der Waals surface area (Å²) in [4.78, 5) is 7.21. The van der Waals surface area contributed by atoms with Crippen LogP contribution < -0.4 is 0 Å². The van der Waals surface area contributed by atoms with E-state index in [1.54, 1.807) is 0 Å². The van der Waals surface area contributed by atoms with E-state index >= 15 is 0 Å². The van der Waals surface area contributed by atoms with Gasteiger partial charge in [0.15, 0.2) is 0 Å². The number of aromatic nitrogens is 2. The number of aliphatic hydroxyl groups is 1. The summed E-state index contributed by atoms with van der Waals surface area (Å²) in [6.45, 7) is 5.83. The van der Waals surface area contributed by atoms with E-state index in [1.165, 1.54) is 25.2 Å². The first kappa shape index (κ1) is 12.2. The summed E-state index contributed by atoms with van der Waals surface area (Å²) in [5.41, 5.74) is 1.17. The second kappa shape index (κ2) is 5.02. The van der Waals surface area contributed by atoms with Gasteiger partial charge < -0.3 is 14.6 Å². The van der Waals surface area contributed by atoms with Gasteiger partial charge >= 0.3 is 0 Å². The highest BCUT2D eigenvalue weighted by atomic mass is 16.3. The molecule has 1 aromatic heterocycles. The lowest BCUT2D eigenvalue weighted by Gasteiger charge is -2.19. The summed E-state index contributed by atoms with van der Waals surface area (Å²) in [5.74, 6) is 1.83. The molecule has 18 heavy (non-hydrogen) atoms. The molecular weight excluding hydrogens is 226 g/mol. The molecule has 1 saturated heterocycles. The van der Waals surface area contributed by atoms with Gasteiger partial charge in [-0.15, -0.1) is 0 Å². The molecule has 2 atom stereocenters. The third-order valence-electron chi connectivity index (χ3n) is 4.36. The minimum Gasteiger partial charge on any atom is -0.373 e. The molecule has 3 rings (SSSR count). The zero-order valence-corrected chi connectivity index (χ0v) is 11.2. The van der Waals surface area contributed by atoms with Crippen molar-refractivity contribution in [3.63, 3.8) is 0 Å². The molecule has 4 nitrogen and oxygen atoms in total. The Balaban J connectivity index is 1.67.